The first-order valence-corrected chi connectivity index (χ1v) is 6.20. The number of nitrogens with one attached hydrogen (secondary N) is 1. The summed E-state index contributed by atoms with van der Waals surface area (Å²) in [7, 11) is 0. The standard InChI is InChI=1S/C14H22N2.2ClH/c1-11-4-5-14(12(2)10-11)13(3)16-8-6-15-7-9-16;;/h4-5,10,13,15H,6-9H2,1-3H3;2*1H. The molecule has 0 aliphatic carbocycles. The zero-order valence-corrected chi connectivity index (χ0v) is 13.0. The minimum atomic E-state index is 0. The molecule has 0 aromatic heterocycles. The Morgan fingerprint density at radius 3 is 2.28 bits per heavy atom. The van der Waals surface area contributed by atoms with Gasteiger partial charge in [-0.25, -0.2) is 0 Å². The average molecular weight is 291 g/mol. The van der Waals surface area contributed by atoms with Crippen LogP contribution in [0.3, 0.4) is 0 Å². The molecule has 0 radical (unpaired) electrons. The lowest BCUT2D eigenvalue weighted by molar-refractivity contribution is 0.185. The van der Waals surface area contributed by atoms with Crippen LogP contribution in [-0.4, -0.2) is 31.1 Å². The quantitative estimate of drug-likeness (QED) is 0.900. The fourth-order valence-corrected chi connectivity index (χ4v) is 2.56. The molecule has 2 nitrogen and oxygen atoms in total. The Morgan fingerprint density at radius 1 is 1.11 bits per heavy atom. The lowest BCUT2D eigenvalue weighted by atomic mass is 9.99. The van der Waals surface area contributed by atoms with Gasteiger partial charge in [0.05, 0.1) is 0 Å². The summed E-state index contributed by atoms with van der Waals surface area (Å²) in [6.07, 6.45) is 0. The topological polar surface area (TPSA) is 15.3 Å². The molecule has 1 fully saturated rings. The molecular weight excluding hydrogens is 267 g/mol. The highest BCUT2D eigenvalue weighted by Gasteiger charge is 2.18. The second kappa shape index (κ2) is 8.00. The van der Waals surface area contributed by atoms with Gasteiger partial charge in [0.2, 0.25) is 0 Å². The molecule has 1 aliphatic rings. The molecule has 1 aliphatic heterocycles. The Labute approximate surface area is 123 Å². The van der Waals surface area contributed by atoms with Crippen molar-refractivity contribution < 1.29 is 0 Å². The maximum Gasteiger partial charge on any atom is 0.0323 e. The summed E-state index contributed by atoms with van der Waals surface area (Å²) in [5, 5.41) is 3.40. The molecule has 1 aromatic carbocycles. The molecule has 1 unspecified atom stereocenters. The van der Waals surface area contributed by atoms with Crippen molar-refractivity contribution in [3.63, 3.8) is 0 Å². The molecule has 2 rings (SSSR count). The van der Waals surface area contributed by atoms with E-state index in [1.54, 1.807) is 0 Å². The van der Waals surface area contributed by atoms with Crippen molar-refractivity contribution in [2.24, 2.45) is 0 Å². The van der Waals surface area contributed by atoms with Gasteiger partial charge in [-0.05, 0) is 31.9 Å². The van der Waals surface area contributed by atoms with Crippen LogP contribution in [0.1, 0.15) is 29.7 Å². The van der Waals surface area contributed by atoms with E-state index in [9.17, 15) is 0 Å². The van der Waals surface area contributed by atoms with Crippen LogP contribution in [-0.2, 0) is 0 Å². The number of hydrogen-bond acceptors (Lipinski definition) is 2. The number of piperazine rings is 1. The number of benzene rings is 1. The van der Waals surface area contributed by atoms with Crippen LogP contribution >= 0.6 is 24.8 Å². The summed E-state index contributed by atoms with van der Waals surface area (Å²) in [6, 6.07) is 7.34. The zero-order chi connectivity index (χ0) is 11.5. The molecular formula is C14H24Cl2N2. The lowest BCUT2D eigenvalue weighted by Crippen LogP contribution is -2.44. The van der Waals surface area contributed by atoms with Crippen LogP contribution in [0.25, 0.3) is 0 Å². The van der Waals surface area contributed by atoms with E-state index in [0.29, 0.717) is 6.04 Å². The predicted octanol–water partition coefficient (Wildman–Crippen LogP) is 3.11. The maximum absolute atomic E-state index is 3.40. The van der Waals surface area contributed by atoms with E-state index in [-0.39, 0.29) is 24.8 Å². The molecule has 4 heteroatoms. The highest BCUT2D eigenvalue weighted by atomic mass is 35.5. The van der Waals surface area contributed by atoms with E-state index in [4.69, 9.17) is 0 Å². The first kappa shape index (κ1) is 17.7. The highest BCUT2D eigenvalue weighted by Crippen LogP contribution is 2.24. The Kier molecular flexibility index (Phi) is 7.88. The lowest BCUT2D eigenvalue weighted by Gasteiger charge is -2.33. The third kappa shape index (κ3) is 4.13. The van der Waals surface area contributed by atoms with E-state index in [1.807, 2.05) is 0 Å². The summed E-state index contributed by atoms with van der Waals surface area (Å²) in [4.78, 5) is 2.56. The van der Waals surface area contributed by atoms with Gasteiger partial charge in [-0.1, -0.05) is 23.8 Å². The van der Waals surface area contributed by atoms with Crippen LogP contribution in [0.5, 0.6) is 0 Å². The van der Waals surface area contributed by atoms with E-state index in [1.165, 1.54) is 16.7 Å². The summed E-state index contributed by atoms with van der Waals surface area (Å²) in [6.45, 7) is 11.3. The minimum Gasteiger partial charge on any atom is -0.314 e. The van der Waals surface area contributed by atoms with Gasteiger partial charge < -0.3 is 5.32 Å². The zero-order valence-electron chi connectivity index (χ0n) is 11.4. The summed E-state index contributed by atoms with van der Waals surface area (Å²) in [5.74, 6) is 0. The summed E-state index contributed by atoms with van der Waals surface area (Å²) >= 11 is 0. The van der Waals surface area contributed by atoms with Crippen LogP contribution < -0.4 is 5.32 Å². The Hall–Kier alpha value is -0.280. The molecule has 1 atom stereocenters. The van der Waals surface area contributed by atoms with Gasteiger partial charge >= 0.3 is 0 Å². The second-order valence-corrected chi connectivity index (χ2v) is 4.82. The van der Waals surface area contributed by atoms with Crippen molar-refractivity contribution in [3.05, 3.63) is 34.9 Å². The van der Waals surface area contributed by atoms with Crippen molar-refractivity contribution in [2.45, 2.75) is 26.8 Å². The van der Waals surface area contributed by atoms with E-state index < -0.39 is 0 Å². The van der Waals surface area contributed by atoms with E-state index >= 15 is 0 Å². The van der Waals surface area contributed by atoms with Gasteiger partial charge in [0.15, 0.2) is 0 Å². The molecule has 0 spiro atoms. The first-order valence-electron chi connectivity index (χ1n) is 6.20. The Bertz CT molecular complexity index is 363. The monoisotopic (exact) mass is 290 g/mol. The second-order valence-electron chi connectivity index (χ2n) is 4.82. The van der Waals surface area contributed by atoms with Crippen LogP contribution in [0.2, 0.25) is 0 Å². The molecule has 0 amide bonds. The molecule has 104 valence electrons. The molecule has 18 heavy (non-hydrogen) atoms. The van der Waals surface area contributed by atoms with E-state index in [2.05, 4.69) is 49.2 Å². The smallest absolute Gasteiger partial charge is 0.0323 e. The Balaban J connectivity index is 0.00000144. The van der Waals surface area contributed by atoms with Gasteiger partial charge in [0.25, 0.3) is 0 Å². The fraction of sp³-hybridized carbons (Fsp3) is 0.571. The minimum absolute atomic E-state index is 0. The number of nitrogens with zero attached hydrogens (tertiary/aromatic N) is 1. The van der Waals surface area contributed by atoms with Crippen molar-refractivity contribution in [2.75, 3.05) is 26.2 Å². The molecule has 1 heterocycles. The van der Waals surface area contributed by atoms with Crippen molar-refractivity contribution in [1.82, 2.24) is 10.2 Å². The van der Waals surface area contributed by atoms with E-state index in [0.717, 1.165) is 26.2 Å². The normalized spacial score (nSPS) is 17.5. The maximum atomic E-state index is 3.40. The number of hydrogen-bond donors (Lipinski definition) is 1. The third-order valence-corrected chi connectivity index (χ3v) is 3.57. The first-order chi connectivity index (χ1) is 7.68. The molecule has 1 aromatic rings. The predicted molar refractivity (Wildman–Crippen MR) is 83.3 cm³/mol. The van der Waals surface area contributed by atoms with Crippen LogP contribution in [0, 0.1) is 13.8 Å². The highest BCUT2D eigenvalue weighted by molar-refractivity contribution is 5.85. The molecule has 1 N–H and O–H groups in total. The van der Waals surface area contributed by atoms with Gasteiger partial charge in [0.1, 0.15) is 0 Å². The molecule has 0 saturated carbocycles. The van der Waals surface area contributed by atoms with Gasteiger partial charge in [-0.2, -0.15) is 0 Å². The number of aryl methyl sites for hydroxylation is 2. The Morgan fingerprint density at radius 2 is 1.72 bits per heavy atom. The third-order valence-electron chi connectivity index (χ3n) is 3.57. The number of halogens is 2. The largest absolute Gasteiger partial charge is 0.314 e. The summed E-state index contributed by atoms with van der Waals surface area (Å²) < 4.78 is 0. The number of rotatable bonds is 2. The average Bonchev–Trinajstić information content (AvgIpc) is 2.29. The van der Waals surface area contributed by atoms with Gasteiger partial charge in [-0.3, -0.25) is 4.90 Å². The van der Waals surface area contributed by atoms with Crippen molar-refractivity contribution >= 4 is 24.8 Å². The van der Waals surface area contributed by atoms with Crippen molar-refractivity contribution in [3.8, 4) is 0 Å². The molecule has 1 saturated heterocycles. The summed E-state index contributed by atoms with van der Waals surface area (Å²) in [5.41, 5.74) is 4.26. The van der Waals surface area contributed by atoms with Gasteiger partial charge in [-0.15, -0.1) is 24.8 Å². The van der Waals surface area contributed by atoms with Crippen LogP contribution in [0.15, 0.2) is 18.2 Å². The van der Waals surface area contributed by atoms with Crippen LogP contribution in [0.4, 0.5) is 0 Å². The fourth-order valence-electron chi connectivity index (χ4n) is 2.56. The SMILES string of the molecule is Cc1ccc(C(C)N2CCNCC2)c(C)c1.Cl.Cl. The van der Waals surface area contributed by atoms with Gasteiger partial charge in [0, 0.05) is 32.2 Å². The molecule has 0 bridgehead atoms. The van der Waals surface area contributed by atoms with Crippen molar-refractivity contribution in [1.29, 1.82) is 0 Å².